The molecule has 2 aliphatic heterocycles. The molecule has 6 nitrogen and oxygen atoms in total. The van der Waals surface area contributed by atoms with Gasteiger partial charge in [0.25, 0.3) is 5.91 Å². The molecule has 0 aromatic heterocycles. The topological polar surface area (TPSA) is 53.1 Å². The average Bonchev–Trinajstić information content (AvgIpc) is 2.69. The smallest absolute Gasteiger partial charge is 0.253 e. The molecule has 2 heterocycles. The number of amides is 2. The summed E-state index contributed by atoms with van der Waals surface area (Å²) in [7, 11) is 1.66. The first-order valence-corrected chi connectivity index (χ1v) is 9.54. The van der Waals surface area contributed by atoms with Crippen molar-refractivity contribution in [2.24, 2.45) is 0 Å². The third-order valence-electron chi connectivity index (χ3n) is 5.24. The molecular weight excluding hydrogens is 330 g/mol. The first-order chi connectivity index (χ1) is 12.7. The lowest BCUT2D eigenvalue weighted by Gasteiger charge is -2.36. The summed E-state index contributed by atoms with van der Waals surface area (Å²) < 4.78 is 5.10. The van der Waals surface area contributed by atoms with Crippen molar-refractivity contribution in [3.8, 4) is 0 Å². The van der Waals surface area contributed by atoms with Crippen LogP contribution in [0.25, 0.3) is 0 Å². The molecule has 0 unspecified atom stereocenters. The lowest BCUT2D eigenvalue weighted by Crippen LogP contribution is -2.52. The molecular formula is C20H29N3O3. The average molecular weight is 359 g/mol. The Kier molecular flexibility index (Phi) is 6.63. The lowest BCUT2D eigenvalue weighted by molar-refractivity contribution is -0.133. The quantitative estimate of drug-likeness (QED) is 0.801. The minimum absolute atomic E-state index is 0.0657. The Bertz CT molecular complexity index is 603. The molecule has 2 aliphatic rings. The number of carbonyl (C=O) groups is 2. The van der Waals surface area contributed by atoms with Crippen LogP contribution in [0.1, 0.15) is 35.2 Å². The van der Waals surface area contributed by atoms with Gasteiger partial charge in [0.1, 0.15) is 0 Å². The zero-order chi connectivity index (χ0) is 18.4. The van der Waals surface area contributed by atoms with Crippen molar-refractivity contribution in [1.29, 1.82) is 0 Å². The van der Waals surface area contributed by atoms with Crippen LogP contribution in [0.2, 0.25) is 0 Å². The van der Waals surface area contributed by atoms with Crippen molar-refractivity contribution in [2.75, 3.05) is 52.9 Å². The van der Waals surface area contributed by atoms with Gasteiger partial charge >= 0.3 is 0 Å². The molecule has 0 saturated carbocycles. The van der Waals surface area contributed by atoms with E-state index in [-0.39, 0.29) is 11.8 Å². The maximum Gasteiger partial charge on any atom is 0.253 e. The van der Waals surface area contributed by atoms with Crippen LogP contribution in [-0.2, 0) is 16.1 Å². The monoisotopic (exact) mass is 359 g/mol. The predicted octanol–water partition coefficient (Wildman–Crippen LogP) is 1.60. The van der Waals surface area contributed by atoms with Crippen molar-refractivity contribution in [3.63, 3.8) is 0 Å². The molecule has 0 aliphatic carbocycles. The number of piperidine rings is 1. The Balaban J connectivity index is 1.46. The van der Waals surface area contributed by atoms with Crippen molar-refractivity contribution < 1.29 is 14.3 Å². The van der Waals surface area contributed by atoms with E-state index < -0.39 is 0 Å². The summed E-state index contributed by atoms with van der Waals surface area (Å²) in [6, 6.07) is 7.60. The predicted molar refractivity (Wildman–Crippen MR) is 99.9 cm³/mol. The number of carbonyl (C=O) groups excluding carboxylic acids is 2. The van der Waals surface area contributed by atoms with E-state index in [1.54, 1.807) is 7.11 Å². The minimum atomic E-state index is 0.0657. The molecule has 0 N–H and O–H groups in total. The van der Waals surface area contributed by atoms with E-state index >= 15 is 0 Å². The highest BCUT2D eigenvalue weighted by Crippen LogP contribution is 2.13. The Morgan fingerprint density at radius 2 is 1.54 bits per heavy atom. The fraction of sp³-hybridized carbons (Fsp3) is 0.600. The van der Waals surface area contributed by atoms with Gasteiger partial charge in [0.15, 0.2) is 0 Å². The number of nitrogens with zero attached hydrogens (tertiary/aromatic N) is 3. The number of hydrogen-bond acceptors (Lipinski definition) is 4. The van der Waals surface area contributed by atoms with Gasteiger partial charge < -0.3 is 14.5 Å². The zero-order valence-electron chi connectivity index (χ0n) is 15.7. The second kappa shape index (κ2) is 9.14. The Morgan fingerprint density at radius 3 is 2.15 bits per heavy atom. The molecule has 142 valence electrons. The van der Waals surface area contributed by atoms with Crippen molar-refractivity contribution in [3.05, 3.63) is 35.4 Å². The van der Waals surface area contributed by atoms with Gasteiger partial charge in [-0.2, -0.15) is 0 Å². The zero-order valence-corrected chi connectivity index (χ0v) is 15.7. The molecule has 2 amide bonds. The van der Waals surface area contributed by atoms with Crippen LogP contribution in [0.15, 0.2) is 24.3 Å². The summed E-state index contributed by atoms with van der Waals surface area (Å²) >= 11 is 0. The fourth-order valence-corrected chi connectivity index (χ4v) is 3.64. The molecule has 0 radical (unpaired) electrons. The van der Waals surface area contributed by atoms with E-state index in [1.807, 2.05) is 34.1 Å². The van der Waals surface area contributed by atoms with Gasteiger partial charge in [-0.15, -0.1) is 0 Å². The first-order valence-electron chi connectivity index (χ1n) is 9.54. The van der Waals surface area contributed by atoms with E-state index in [2.05, 4.69) is 4.90 Å². The standard InChI is InChI=1S/C20H29N3O3/c1-26-16-17-5-7-18(8-6-17)20(25)23-13-11-21(12-14-23)15-19(24)22-9-3-2-4-10-22/h5-8H,2-4,9-16H2,1H3. The maximum absolute atomic E-state index is 12.6. The van der Waals surface area contributed by atoms with Crippen LogP contribution in [0.5, 0.6) is 0 Å². The molecule has 1 aromatic rings. The van der Waals surface area contributed by atoms with E-state index in [9.17, 15) is 9.59 Å². The maximum atomic E-state index is 12.6. The summed E-state index contributed by atoms with van der Waals surface area (Å²) in [5.41, 5.74) is 1.77. The summed E-state index contributed by atoms with van der Waals surface area (Å²) in [5.74, 6) is 0.300. The van der Waals surface area contributed by atoms with Gasteiger partial charge in [-0.05, 0) is 37.0 Å². The highest BCUT2D eigenvalue weighted by molar-refractivity contribution is 5.94. The largest absolute Gasteiger partial charge is 0.380 e. The van der Waals surface area contributed by atoms with Gasteiger partial charge in [-0.3, -0.25) is 14.5 Å². The highest BCUT2D eigenvalue weighted by Gasteiger charge is 2.25. The molecule has 2 fully saturated rings. The van der Waals surface area contributed by atoms with E-state index in [1.165, 1.54) is 6.42 Å². The molecule has 2 saturated heterocycles. The summed E-state index contributed by atoms with van der Waals surface area (Å²) in [6.07, 6.45) is 3.48. The summed E-state index contributed by atoms with van der Waals surface area (Å²) in [4.78, 5) is 31.1. The molecule has 1 aromatic carbocycles. The van der Waals surface area contributed by atoms with Crippen LogP contribution in [0.3, 0.4) is 0 Å². The normalized spacial score (nSPS) is 18.8. The third-order valence-corrected chi connectivity index (χ3v) is 5.24. The number of likely N-dealkylation sites (tertiary alicyclic amines) is 1. The van der Waals surface area contributed by atoms with Crippen LogP contribution >= 0.6 is 0 Å². The number of methoxy groups -OCH3 is 1. The number of rotatable bonds is 5. The Morgan fingerprint density at radius 1 is 0.885 bits per heavy atom. The van der Waals surface area contributed by atoms with Gasteiger partial charge in [0.05, 0.1) is 13.2 Å². The van der Waals surface area contributed by atoms with Gasteiger partial charge in [0, 0.05) is 51.9 Å². The molecule has 0 atom stereocenters. The van der Waals surface area contributed by atoms with Crippen molar-refractivity contribution in [1.82, 2.24) is 14.7 Å². The molecule has 3 rings (SSSR count). The van der Waals surface area contributed by atoms with E-state index in [4.69, 9.17) is 4.74 Å². The number of ether oxygens (including phenoxy) is 1. The SMILES string of the molecule is COCc1ccc(C(=O)N2CCN(CC(=O)N3CCCCC3)CC2)cc1. The Hall–Kier alpha value is -1.92. The van der Waals surface area contributed by atoms with Gasteiger partial charge in [0.2, 0.25) is 5.91 Å². The second-order valence-electron chi connectivity index (χ2n) is 7.14. The molecule has 6 heteroatoms. The second-order valence-corrected chi connectivity index (χ2v) is 7.14. The van der Waals surface area contributed by atoms with Crippen molar-refractivity contribution in [2.45, 2.75) is 25.9 Å². The molecule has 0 spiro atoms. The van der Waals surface area contributed by atoms with Crippen LogP contribution < -0.4 is 0 Å². The van der Waals surface area contributed by atoms with Gasteiger partial charge in [-0.1, -0.05) is 12.1 Å². The summed E-state index contributed by atoms with van der Waals surface area (Å²) in [5, 5.41) is 0. The van der Waals surface area contributed by atoms with Crippen LogP contribution in [-0.4, -0.2) is 79.4 Å². The van der Waals surface area contributed by atoms with Crippen molar-refractivity contribution >= 4 is 11.8 Å². The number of hydrogen-bond donors (Lipinski definition) is 0. The molecule has 0 bridgehead atoms. The lowest BCUT2D eigenvalue weighted by atomic mass is 10.1. The van der Waals surface area contributed by atoms with Crippen LogP contribution in [0.4, 0.5) is 0 Å². The van der Waals surface area contributed by atoms with E-state index in [0.29, 0.717) is 31.8 Å². The Labute approximate surface area is 155 Å². The number of piperazine rings is 1. The van der Waals surface area contributed by atoms with Crippen LogP contribution in [0, 0.1) is 0 Å². The molecule has 26 heavy (non-hydrogen) atoms. The highest BCUT2D eigenvalue weighted by atomic mass is 16.5. The number of benzene rings is 1. The fourth-order valence-electron chi connectivity index (χ4n) is 3.64. The van der Waals surface area contributed by atoms with E-state index in [0.717, 1.165) is 44.6 Å². The first kappa shape index (κ1) is 18.9. The summed E-state index contributed by atoms with van der Waals surface area (Å²) in [6.45, 7) is 5.69. The minimum Gasteiger partial charge on any atom is -0.380 e. The third kappa shape index (κ3) is 4.83. The van der Waals surface area contributed by atoms with Gasteiger partial charge in [-0.25, -0.2) is 0 Å².